The number of aliphatic imine (C=N–C) groups is 1. The molecule has 2 N–H and O–H groups in total. The molecule has 22 heavy (non-hydrogen) atoms. The highest BCUT2D eigenvalue weighted by molar-refractivity contribution is 14.0. The van der Waals surface area contributed by atoms with Crippen LogP contribution < -0.4 is 5.32 Å². The van der Waals surface area contributed by atoms with E-state index in [1.807, 2.05) is 0 Å². The highest BCUT2D eigenvalue weighted by Crippen LogP contribution is 2.26. The van der Waals surface area contributed by atoms with Gasteiger partial charge in [0.05, 0.1) is 6.10 Å². The van der Waals surface area contributed by atoms with Gasteiger partial charge in [-0.2, -0.15) is 0 Å². The predicted molar refractivity (Wildman–Crippen MR) is 104 cm³/mol. The monoisotopic (exact) mass is 423 g/mol. The van der Waals surface area contributed by atoms with Crippen molar-refractivity contribution in [3.63, 3.8) is 0 Å². The van der Waals surface area contributed by atoms with E-state index in [9.17, 15) is 5.11 Å². The van der Waals surface area contributed by atoms with Crippen molar-refractivity contribution in [2.45, 2.75) is 59.0 Å². The summed E-state index contributed by atoms with van der Waals surface area (Å²) < 4.78 is 0. The molecular weight excluding hydrogens is 389 g/mol. The third kappa shape index (κ3) is 5.87. The number of aliphatic hydroxyl groups excluding tert-OH is 1. The Morgan fingerprint density at radius 1 is 1.32 bits per heavy atom. The van der Waals surface area contributed by atoms with E-state index in [-0.39, 0.29) is 30.1 Å². The molecule has 2 fully saturated rings. The SMILES string of the molecule is CCNC(=NCC1CCCC1O)N1CCC(CC(C)C)C1.I. The van der Waals surface area contributed by atoms with Gasteiger partial charge in [0.1, 0.15) is 0 Å². The number of nitrogens with zero attached hydrogens (tertiary/aromatic N) is 2. The Balaban J connectivity index is 0.00000242. The fourth-order valence-electron chi connectivity index (χ4n) is 3.74. The second-order valence-corrected chi connectivity index (χ2v) is 7.18. The minimum atomic E-state index is -0.135. The molecule has 4 nitrogen and oxygen atoms in total. The van der Waals surface area contributed by atoms with Crippen LogP contribution in [0.1, 0.15) is 52.9 Å². The first kappa shape index (κ1) is 20.0. The van der Waals surface area contributed by atoms with Crippen molar-refractivity contribution in [1.29, 1.82) is 0 Å². The minimum Gasteiger partial charge on any atom is -0.393 e. The van der Waals surface area contributed by atoms with E-state index >= 15 is 0 Å². The molecule has 0 amide bonds. The molecule has 0 radical (unpaired) electrons. The second kappa shape index (κ2) is 9.96. The first-order valence-corrected chi connectivity index (χ1v) is 8.81. The quantitative estimate of drug-likeness (QED) is 0.406. The van der Waals surface area contributed by atoms with Crippen molar-refractivity contribution < 1.29 is 5.11 Å². The third-order valence-electron chi connectivity index (χ3n) is 4.82. The predicted octanol–water partition coefficient (Wildman–Crippen LogP) is 3.10. The molecular formula is C17H34IN3O. The summed E-state index contributed by atoms with van der Waals surface area (Å²) in [5, 5.41) is 13.4. The van der Waals surface area contributed by atoms with E-state index in [1.165, 1.54) is 12.8 Å². The number of hydrogen-bond acceptors (Lipinski definition) is 2. The normalized spacial score (nSPS) is 29.0. The van der Waals surface area contributed by atoms with Crippen molar-refractivity contribution in [3.8, 4) is 0 Å². The lowest BCUT2D eigenvalue weighted by molar-refractivity contribution is 0.136. The van der Waals surface area contributed by atoms with Crippen molar-refractivity contribution in [2.24, 2.45) is 22.7 Å². The molecule has 0 bridgehead atoms. The summed E-state index contributed by atoms with van der Waals surface area (Å²) >= 11 is 0. The zero-order valence-electron chi connectivity index (χ0n) is 14.4. The Morgan fingerprint density at radius 2 is 2.09 bits per heavy atom. The first-order valence-electron chi connectivity index (χ1n) is 8.81. The maximum absolute atomic E-state index is 9.93. The first-order chi connectivity index (χ1) is 10.1. The summed E-state index contributed by atoms with van der Waals surface area (Å²) in [6.45, 7) is 10.7. The molecule has 3 unspecified atom stereocenters. The van der Waals surface area contributed by atoms with E-state index in [1.54, 1.807) is 0 Å². The molecule has 0 aromatic heterocycles. The number of hydrogen-bond donors (Lipinski definition) is 2. The molecule has 5 heteroatoms. The summed E-state index contributed by atoms with van der Waals surface area (Å²) in [4.78, 5) is 7.23. The van der Waals surface area contributed by atoms with Crippen LogP contribution >= 0.6 is 24.0 Å². The van der Waals surface area contributed by atoms with Crippen LogP contribution in [0.4, 0.5) is 0 Å². The van der Waals surface area contributed by atoms with Gasteiger partial charge in [0.25, 0.3) is 0 Å². The minimum absolute atomic E-state index is 0. The molecule has 3 atom stereocenters. The van der Waals surface area contributed by atoms with Gasteiger partial charge in [0.15, 0.2) is 5.96 Å². The van der Waals surface area contributed by atoms with Crippen molar-refractivity contribution >= 4 is 29.9 Å². The number of nitrogens with one attached hydrogen (secondary N) is 1. The largest absolute Gasteiger partial charge is 0.393 e. The smallest absolute Gasteiger partial charge is 0.193 e. The molecule has 130 valence electrons. The van der Waals surface area contributed by atoms with Crippen molar-refractivity contribution in [3.05, 3.63) is 0 Å². The molecule has 1 heterocycles. The Kier molecular flexibility index (Phi) is 9.05. The highest BCUT2D eigenvalue weighted by Gasteiger charge is 2.27. The Bertz CT molecular complexity index is 349. The van der Waals surface area contributed by atoms with E-state index in [2.05, 4.69) is 31.0 Å². The lowest BCUT2D eigenvalue weighted by Crippen LogP contribution is -2.40. The van der Waals surface area contributed by atoms with Gasteiger partial charge < -0.3 is 15.3 Å². The van der Waals surface area contributed by atoms with Crippen LogP contribution in [-0.4, -0.2) is 48.2 Å². The van der Waals surface area contributed by atoms with E-state index in [4.69, 9.17) is 4.99 Å². The standard InChI is InChI=1S/C17H33N3O.HI/c1-4-18-17(19-11-15-6-5-7-16(15)21)20-9-8-14(12-20)10-13(2)3;/h13-16,21H,4-12H2,1-3H3,(H,18,19);1H. The van der Waals surface area contributed by atoms with E-state index < -0.39 is 0 Å². The third-order valence-corrected chi connectivity index (χ3v) is 4.82. The van der Waals surface area contributed by atoms with Crippen molar-refractivity contribution in [2.75, 3.05) is 26.2 Å². The summed E-state index contributed by atoms with van der Waals surface area (Å²) in [5.41, 5.74) is 0. The van der Waals surface area contributed by atoms with Gasteiger partial charge in [-0.05, 0) is 44.4 Å². The van der Waals surface area contributed by atoms with Gasteiger partial charge in [-0.15, -0.1) is 24.0 Å². The molecule has 2 rings (SSSR count). The van der Waals surface area contributed by atoms with Crippen LogP contribution in [0.5, 0.6) is 0 Å². The van der Waals surface area contributed by atoms with Crippen LogP contribution in [0.2, 0.25) is 0 Å². The van der Waals surface area contributed by atoms with Gasteiger partial charge in [-0.1, -0.05) is 20.3 Å². The number of guanidine groups is 1. The summed E-state index contributed by atoms with van der Waals surface area (Å²) in [6, 6.07) is 0. The molecule has 1 aliphatic heterocycles. The zero-order valence-corrected chi connectivity index (χ0v) is 16.8. The topological polar surface area (TPSA) is 47.9 Å². The van der Waals surface area contributed by atoms with Crippen LogP contribution in [0.15, 0.2) is 4.99 Å². The Hall–Kier alpha value is -0.0400. The van der Waals surface area contributed by atoms with Gasteiger partial charge in [0.2, 0.25) is 0 Å². The molecule has 0 spiro atoms. The maximum atomic E-state index is 9.93. The zero-order chi connectivity index (χ0) is 15.2. The van der Waals surface area contributed by atoms with Crippen molar-refractivity contribution in [1.82, 2.24) is 10.2 Å². The van der Waals surface area contributed by atoms with Crippen LogP contribution in [0, 0.1) is 17.8 Å². The van der Waals surface area contributed by atoms with Crippen LogP contribution in [-0.2, 0) is 0 Å². The summed E-state index contributed by atoms with van der Waals surface area (Å²) in [5.74, 6) is 3.02. The second-order valence-electron chi connectivity index (χ2n) is 7.18. The lowest BCUT2D eigenvalue weighted by atomic mass is 9.97. The molecule has 0 aromatic carbocycles. The molecule has 1 saturated carbocycles. The Labute approximate surface area is 153 Å². The van der Waals surface area contributed by atoms with Crippen LogP contribution in [0.25, 0.3) is 0 Å². The van der Waals surface area contributed by atoms with E-state index in [0.29, 0.717) is 5.92 Å². The molecule has 2 aliphatic rings. The maximum Gasteiger partial charge on any atom is 0.193 e. The molecule has 0 aromatic rings. The summed E-state index contributed by atoms with van der Waals surface area (Å²) in [6.07, 6.45) is 5.70. The van der Waals surface area contributed by atoms with Gasteiger partial charge in [-0.3, -0.25) is 4.99 Å². The van der Waals surface area contributed by atoms with E-state index in [0.717, 1.165) is 63.2 Å². The highest BCUT2D eigenvalue weighted by atomic mass is 127. The molecule has 1 saturated heterocycles. The summed E-state index contributed by atoms with van der Waals surface area (Å²) in [7, 11) is 0. The number of rotatable bonds is 5. The average molecular weight is 423 g/mol. The van der Waals surface area contributed by atoms with Crippen LogP contribution in [0.3, 0.4) is 0 Å². The number of likely N-dealkylation sites (tertiary alicyclic amines) is 1. The van der Waals surface area contributed by atoms with Gasteiger partial charge in [0, 0.05) is 32.1 Å². The fraction of sp³-hybridized carbons (Fsp3) is 0.941. The Morgan fingerprint density at radius 3 is 2.68 bits per heavy atom. The number of aliphatic hydroxyl groups is 1. The fourth-order valence-corrected chi connectivity index (χ4v) is 3.74. The van der Waals surface area contributed by atoms with Gasteiger partial charge >= 0.3 is 0 Å². The average Bonchev–Trinajstić information content (AvgIpc) is 3.03. The number of halogens is 1. The lowest BCUT2D eigenvalue weighted by Gasteiger charge is -2.23. The van der Waals surface area contributed by atoms with Gasteiger partial charge in [-0.25, -0.2) is 0 Å². The molecule has 1 aliphatic carbocycles.